The van der Waals surface area contributed by atoms with Crippen molar-refractivity contribution >= 4 is 23.0 Å². The van der Waals surface area contributed by atoms with Gasteiger partial charge in [-0.2, -0.15) is 13.2 Å². The van der Waals surface area contributed by atoms with Gasteiger partial charge in [-0.25, -0.2) is 0 Å². The molecule has 0 radical (unpaired) electrons. The molecule has 3 nitrogen and oxygen atoms in total. The number of thiocarbonyl (C=S) groups is 1. The average molecular weight is 373 g/mol. The molecule has 2 rings (SSSR count). The summed E-state index contributed by atoms with van der Waals surface area (Å²) in [7, 11) is 0. The summed E-state index contributed by atoms with van der Waals surface area (Å²) in [5.74, 6) is 0. The second-order valence-electron chi connectivity index (χ2n) is 6.41. The topological polar surface area (TPSA) is 27.3 Å². The predicted molar refractivity (Wildman–Crippen MR) is 99.8 cm³/mol. The summed E-state index contributed by atoms with van der Waals surface area (Å²) >= 11 is 5.17. The first-order valence-corrected chi connectivity index (χ1v) is 9.27. The first-order valence-electron chi connectivity index (χ1n) is 8.86. The van der Waals surface area contributed by atoms with Gasteiger partial charge in [-0.3, -0.25) is 0 Å². The molecule has 140 valence electrons. The number of nitrogens with one attached hydrogen (secondary N) is 2. The number of likely N-dealkylation sites (tertiary alicyclic amines) is 1. The summed E-state index contributed by atoms with van der Waals surface area (Å²) in [4.78, 5) is 2.54. The van der Waals surface area contributed by atoms with E-state index in [9.17, 15) is 13.2 Å². The number of alkyl halides is 3. The lowest BCUT2D eigenvalue weighted by Gasteiger charge is -2.35. The van der Waals surface area contributed by atoms with E-state index < -0.39 is 11.7 Å². The number of halogens is 3. The minimum atomic E-state index is -4.35. The van der Waals surface area contributed by atoms with Crippen LogP contribution in [0.2, 0.25) is 0 Å². The minimum absolute atomic E-state index is 0.342. The second-order valence-corrected chi connectivity index (χ2v) is 6.82. The van der Waals surface area contributed by atoms with Gasteiger partial charge >= 0.3 is 6.18 Å². The molecule has 1 heterocycles. The molecular formula is C18H26F3N3S. The van der Waals surface area contributed by atoms with Crippen molar-refractivity contribution in [1.82, 2.24) is 10.2 Å². The fraction of sp³-hybridized carbons (Fsp3) is 0.611. The number of hydrogen-bond acceptors (Lipinski definition) is 2. The Morgan fingerprint density at radius 1 is 1.32 bits per heavy atom. The van der Waals surface area contributed by atoms with Crippen LogP contribution in [-0.4, -0.2) is 35.7 Å². The molecule has 1 aromatic carbocycles. The third-order valence-corrected chi connectivity index (χ3v) is 4.82. The van der Waals surface area contributed by atoms with Crippen molar-refractivity contribution in [2.75, 3.05) is 25.0 Å². The highest BCUT2D eigenvalue weighted by Gasteiger charge is 2.30. The molecule has 0 spiro atoms. The zero-order chi connectivity index (χ0) is 18.3. The Bertz CT molecular complexity index is 563. The van der Waals surface area contributed by atoms with Crippen LogP contribution in [0.25, 0.3) is 0 Å². The van der Waals surface area contributed by atoms with Crippen molar-refractivity contribution < 1.29 is 13.2 Å². The van der Waals surface area contributed by atoms with E-state index in [1.165, 1.54) is 31.7 Å². The van der Waals surface area contributed by atoms with Crippen LogP contribution in [0.4, 0.5) is 18.9 Å². The van der Waals surface area contributed by atoms with Crippen LogP contribution >= 0.6 is 12.2 Å². The first kappa shape index (κ1) is 20.0. The number of nitrogens with zero attached hydrogens (tertiary/aromatic N) is 1. The van der Waals surface area contributed by atoms with Gasteiger partial charge in [-0.15, -0.1) is 0 Å². The lowest BCUT2D eigenvalue weighted by Crippen LogP contribution is -2.40. The number of benzene rings is 1. The highest BCUT2D eigenvalue weighted by molar-refractivity contribution is 7.80. The summed E-state index contributed by atoms with van der Waals surface area (Å²) in [6.45, 7) is 5.12. The van der Waals surface area contributed by atoms with E-state index in [-0.39, 0.29) is 0 Å². The molecule has 0 aliphatic carbocycles. The highest BCUT2D eigenvalue weighted by Crippen LogP contribution is 2.30. The molecule has 1 atom stereocenters. The van der Waals surface area contributed by atoms with Crippen LogP contribution in [0.15, 0.2) is 24.3 Å². The molecule has 1 fully saturated rings. The monoisotopic (exact) mass is 373 g/mol. The van der Waals surface area contributed by atoms with Crippen molar-refractivity contribution in [2.24, 2.45) is 0 Å². The largest absolute Gasteiger partial charge is 0.416 e. The zero-order valence-corrected chi connectivity index (χ0v) is 15.3. The van der Waals surface area contributed by atoms with Crippen molar-refractivity contribution in [2.45, 2.75) is 51.2 Å². The van der Waals surface area contributed by atoms with Crippen LogP contribution in [0.1, 0.15) is 44.6 Å². The third-order valence-electron chi connectivity index (χ3n) is 4.58. The van der Waals surface area contributed by atoms with Crippen LogP contribution in [0, 0.1) is 0 Å². The van der Waals surface area contributed by atoms with E-state index in [1.54, 1.807) is 6.07 Å². The minimum Gasteiger partial charge on any atom is -0.362 e. The van der Waals surface area contributed by atoms with Gasteiger partial charge < -0.3 is 15.5 Å². The second kappa shape index (κ2) is 9.38. The molecule has 0 unspecified atom stereocenters. The van der Waals surface area contributed by atoms with E-state index in [1.807, 2.05) is 0 Å². The quantitative estimate of drug-likeness (QED) is 0.561. The lowest BCUT2D eigenvalue weighted by atomic mass is 10.00. The Labute approximate surface area is 153 Å². The molecule has 0 saturated carbocycles. The number of rotatable bonds is 6. The standard InChI is InChI=1S/C18H26F3N3S/c1-2-16-9-3-4-11-24(16)12-6-10-22-17(25)23-15-8-5-7-14(13-15)18(19,20)21/h5,7-8,13,16H,2-4,6,9-12H2,1H3,(H2,22,23,25)/t16-/m1/s1. The summed E-state index contributed by atoms with van der Waals surface area (Å²) < 4.78 is 38.1. The Morgan fingerprint density at radius 2 is 2.12 bits per heavy atom. The maximum atomic E-state index is 12.7. The van der Waals surface area contributed by atoms with Gasteiger partial charge in [0.1, 0.15) is 0 Å². The molecule has 2 N–H and O–H groups in total. The first-order chi connectivity index (χ1) is 11.9. The molecule has 7 heteroatoms. The molecule has 1 aliphatic rings. The van der Waals surface area contributed by atoms with Gasteiger partial charge in [-0.1, -0.05) is 19.4 Å². The maximum absolute atomic E-state index is 12.7. The summed E-state index contributed by atoms with van der Waals surface area (Å²) in [5, 5.41) is 6.25. The van der Waals surface area contributed by atoms with Crippen LogP contribution < -0.4 is 10.6 Å². The zero-order valence-electron chi connectivity index (χ0n) is 14.5. The van der Waals surface area contributed by atoms with Crippen molar-refractivity contribution in [3.05, 3.63) is 29.8 Å². The van der Waals surface area contributed by atoms with E-state index in [0.29, 0.717) is 23.4 Å². The number of piperidine rings is 1. The summed E-state index contributed by atoms with van der Waals surface area (Å²) in [6.07, 6.45) is 1.65. The molecule has 1 aromatic rings. The molecule has 1 aliphatic heterocycles. The van der Waals surface area contributed by atoms with Crippen LogP contribution in [0.5, 0.6) is 0 Å². The molecule has 0 aromatic heterocycles. The van der Waals surface area contributed by atoms with Crippen molar-refractivity contribution in [3.8, 4) is 0 Å². The van der Waals surface area contributed by atoms with Crippen molar-refractivity contribution in [3.63, 3.8) is 0 Å². The predicted octanol–water partition coefficient (Wildman–Crippen LogP) is 4.65. The SMILES string of the molecule is CC[C@@H]1CCCCN1CCCNC(=S)Nc1cccc(C(F)(F)F)c1. The highest BCUT2D eigenvalue weighted by atomic mass is 32.1. The number of anilines is 1. The molecule has 25 heavy (non-hydrogen) atoms. The van der Waals surface area contributed by atoms with Gasteiger partial charge in [0.2, 0.25) is 0 Å². The van der Waals surface area contributed by atoms with Gasteiger partial charge in [-0.05, 0) is 62.6 Å². The van der Waals surface area contributed by atoms with Crippen LogP contribution in [-0.2, 0) is 6.18 Å². The van der Waals surface area contributed by atoms with E-state index >= 15 is 0 Å². The summed E-state index contributed by atoms with van der Waals surface area (Å²) in [6, 6.07) is 5.74. The molecule has 0 amide bonds. The van der Waals surface area contributed by atoms with E-state index in [2.05, 4.69) is 22.5 Å². The Kier molecular flexibility index (Phi) is 7.50. The van der Waals surface area contributed by atoms with Gasteiger partial charge in [0, 0.05) is 24.8 Å². The smallest absolute Gasteiger partial charge is 0.362 e. The molecule has 1 saturated heterocycles. The van der Waals surface area contributed by atoms with Crippen LogP contribution in [0.3, 0.4) is 0 Å². The summed E-state index contributed by atoms with van der Waals surface area (Å²) in [5.41, 5.74) is -0.342. The number of hydrogen-bond donors (Lipinski definition) is 2. The van der Waals surface area contributed by atoms with Crippen molar-refractivity contribution in [1.29, 1.82) is 0 Å². The molecule has 0 bridgehead atoms. The Morgan fingerprint density at radius 3 is 2.84 bits per heavy atom. The van der Waals surface area contributed by atoms with Gasteiger partial charge in [0.15, 0.2) is 5.11 Å². The normalized spacial score (nSPS) is 18.8. The fourth-order valence-corrected chi connectivity index (χ4v) is 3.47. The Balaban J connectivity index is 1.72. The molecular weight excluding hydrogens is 347 g/mol. The Hall–Kier alpha value is -1.34. The lowest BCUT2D eigenvalue weighted by molar-refractivity contribution is -0.137. The third kappa shape index (κ3) is 6.47. The maximum Gasteiger partial charge on any atom is 0.416 e. The fourth-order valence-electron chi connectivity index (χ4n) is 3.25. The van der Waals surface area contributed by atoms with E-state index in [4.69, 9.17) is 12.2 Å². The van der Waals surface area contributed by atoms with Gasteiger partial charge in [0.05, 0.1) is 5.56 Å². The van der Waals surface area contributed by atoms with Gasteiger partial charge in [0.25, 0.3) is 0 Å². The van der Waals surface area contributed by atoms with E-state index in [0.717, 1.165) is 31.6 Å². The average Bonchev–Trinajstić information content (AvgIpc) is 2.58.